The number of amides is 4. The molecule has 4 amide bonds. The van der Waals surface area contributed by atoms with Gasteiger partial charge in [0.1, 0.15) is 5.82 Å². The Kier molecular flexibility index (Phi) is 11.8. The molecule has 0 radical (unpaired) electrons. The Hall–Kier alpha value is -4.29. The highest BCUT2D eigenvalue weighted by molar-refractivity contribution is 6.44. The number of nitrogens with one attached hydrogen (secondary N) is 1. The van der Waals surface area contributed by atoms with E-state index in [1.807, 2.05) is 29.0 Å². The lowest BCUT2D eigenvalue weighted by Gasteiger charge is -2.27. The molecule has 3 heterocycles. The summed E-state index contributed by atoms with van der Waals surface area (Å²) in [6.07, 6.45) is 5.48. The smallest absolute Gasteiger partial charge is 0.241 e. The topological polar surface area (TPSA) is 126 Å². The van der Waals surface area contributed by atoms with Crippen LogP contribution in [0.5, 0.6) is 11.5 Å². The van der Waals surface area contributed by atoms with Gasteiger partial charge in [-0.25, -0.2) is 4.98 Å². The van der Waals surface area contributed by atoms with Crippen LogP contribution in [0.3, 0.4) is 0 Å². The van der Waals surface area contributed by atoms with Crippen LogP contribution in [-0.4, -0.2) is 96.0 Å². The van der Waals surface area contributed by atoms with E-state index in [2.05, 4.69) is 10.3 Å². The number of halogens is 2. The van der Waals surface area contributed by atoms with Crippen molar-refractivity contribution in [2.24, 2.45) is 5.92 Å². The first-order valence-corrected chi connectivity index (χ1v) is 16.8. The summed E-state index contributed by atoms with van der Waals surface area (Å²) < 4.78 is 13.6. The van der Waals surface area contributed by atoms with Crippen LogP contribution in [0.4, 0.5) is 5.69 Å². The van der Waals surface area contributed by atoms with E-state index in [4.69, 9.17) is 32.7 Å². The Labute approximate surface area is 289 Å². The third-order valence-corrected chi connectivity index (χ3v) is 9.34. The molecule has 2 aliphatic heterocycles. The summed E-state index contributed by atoms with van der Waals surface area (Å²) in [5, 5.41) is 3.20. The number of hydrogen-bond acceptors (Lipinski definition) is 7. The van der Waals surface area contributed by atoms with E-state index in [9.17, 15) is 19.2 Å². The number of ether oxygens (including phenoxy) is 2. The predicted octanol–water partition coefficient (Wildman–Crippen LogP) is 4.27. The van der Waals surface area contributed by atoms with Crippen molar-refractivity contribution < 1.29 is 28.7 Å². The van der Waals surface area contributed by atoms with Crippen molar-refractivity contribution in [1.82, 2.24) is 24.7 Å². The van der Waals surface area contributed by atoms with Crippen LogP contribution in [0.1, 0.15) is 32.6 Å². The minimum absolute atomic E-state index is 0.0640. The summed E-state index contributed by atoms with van der Waals surface area (Å²) in [5.74, 6) is 0.507. The van der Waals surface area contributed by atoms with Gasteiger partial charge in [-0.2, -0.15) is 0 Å². The average molecular weight is 700 g/mol. The second-order valence-electron chi connectivity index (χ2n) is 11.8. The average Bonchev–Trinajstić information content (AvgIpc) is 3.71. The molecule has 1 N–H and O–H groups in total. The third-order valence-electron chi connectivity index (χ3n) is 8.53. The molecule has 2 bridgehead atoms. The number of rotatable bonds is 5. The van der Waals surface area contributed by atoms with Crippen molar-refractivity contribution >= 4 is 52.5 Å². The molecule has 1 fully saturated rings. The zero-order valence-electron chi connectivity index (χ0n) is 27.1. The summed E-state index contributed by atoms with van der Waals surface area (Å²) >= 11 is 12.6. The lowest BCUT2D eigenvalue weighted by molar-refractivity contribution is -0.136. The maximum absolute atomic E-state index is 14.1. The van der Waals surface area contributed by atoms with Crippen LogP contribution in [0.2, 0.25) is 10.0 Å². The molecule has 0 aliphatic carbocycles. The highest BCUT2D eigenvalue weighted by atomic mass is 35.5. The van der Waals surface area contributed by atoms with Crippen molar-refractivity contribution in [2.45, 2.75) is 39.2 Å². The van der Waals surface area contributed by atoms with Crippen LogP contribution < -0.4 is 19.7 Å². The van der Waals surface area contributed by atoms with Gasteiger partial charge in [0.15, 0.2) is 11.5 Å². The van der Waals surface area contributed by atoms with Crippen LogP contribution in [0.15, 0.2) is 48.8 Å². The Morgan fingerprint density at radius 2 is 1.79 bits per heavy atom. The molecule has 12 nitrogen and oxygen atoms in total. The van der Waals surface area contributed by atoms with Gasteiger partial charge in [0, 0.05) is 70.6 Å². The summed E-state index contributed by atoms with van der Waals surface area (Å²) in [4.78, 5) is 61.3. The standard InChI is InChI=1S/C34H40Cl2N6O6/c1-23(43)38-21-31(45)39-12-3-4-13-41(34(46)25-20-30(44)42(22-25)27-8-5-7-26(35)32(27)36)17-16-40-15-11-37-33(40)24-9-10-28(47-2)29(19-24)48-18-6-14-39/h5,7-11,15,19,25H,3-4,6,12-14,16-18,20-22H2,1-2H3,(H,38,43). The van der Waals surface area contributed by atoms with Gasteiger partial charge in [0.2, 0.25) is 23.6 Å². The molecule has 2 aromatic carbocycles. The van der Waals surface area contributed by atoms with Crippen molar-refractivity contribution in [2.75, 3.05) is 57.9 Å². The lowest BCUT2D eigenvalue weighted by Crippen LogP contribution is -2.42. The molecule has 1 saturated heterocycles. The molecule has 1 aromatic heterocycles. The van der Waals surface area contributed by atoms with Crippen molar-refractivity contribution in [3.63, 3.8) is 0 Å². The molecule has 2 aliphatic rings. The van der Waals surface area contributed by atoms with Crippen LogP contribution in [0, 0.1) is 5.92 Å². The van der Waals surface area contributed by atoms with Gasteiger partial charge in [-0.05, 0) is 49.6 Å². The maximum Gasteiger partial charge on any atom is 0.241 e. The highest BCUT2D eigenvalue weighted by Gasteiger charge is 2.38. The first kappa shape index (κ1) is 35.0. The quantitative estimate of drug-likeness (QED) is 0.422. The number of hydrogen-bond donors (Lipinski definition) is 1. The molecule has 0 spiro atoms. The monoisotopic (exact) mass is 698 g/mol. The Morgan fingerprint density at radius 3 is 2.56 bits per heavy atom. The summed E-state index contributed by atoms with van der Waals surface area (Å²) in [6.45, 7) is 4.00. The van der Waals surface area contributed by atoms with Crippen molar-refractivity contribution in [3.05, 3.63) is 58.8 Å². The number of imidazole rings is 1. The largest absolute Gasteiger partial charge is 0.493 e. The predicted molar refractivity (Wildman–Crippen MR) is 182 cm³/mol. The first-order chi connectivity index (χ1) is 23.2. The third kappa shape index (κ3) is 8.40. The van der Waals surface area contributed by atoms with E-state index in [0.29, 0.717) is 86.6 Å². The fourth-order valence-electron chi connectivity index (χ4n) is 6.02. The highest BCUT2D eigenvalue weighted by Crippen LogP contribution is 2.36. The van der Waals surface area contributed by atoms with E-state index in [0.717, 1.165) is 5.56 Å². The molecule has 5 rings (SSSR count). The molecular weight excluding hydrogens is 659 g/mol. The molecule has 14 heteroatoms. The van der Waals surface area contributed by atoms with Crippen LogP contribution in [-0.2, 0) is 25.7 Å². The summed E-state index contributed by atoms with van der Waals surface area (Å²) in [6, 6.07) is 10.7. The molecule has 1 atom stereocenters. The van der Waals surface area contributed by atoms with Gasteiger partial charge in [-0.1, -0.05) is 29.3 Å². The number of anilines is 1. The molecular formula is C34H40Cl2N6O6. The number of carbonyl (C=O) groups is 4. The van der Waals surface area contributed by atoms with E-state index >= 15 is 0 Å². The molecule has 1 unspecified atom stereocenters. The summed E-state index contributed by atoms with van der Waals surface area (Å²) in [7, 11) is 1.58. The number of nitrogens with zero attached hydrogens (tertiary/aromatic N) is 5. The van der Waals surface area contributed by atoms with E-state index in [1.54, 1.807) is 41.3 Å². The molecule has 3 aromatic rings. The van der Waals surface area contributed by atoms with E-state index in [1.165, 1.54) is 11.8 Å². The van der Waals surface area contributed by atoms with Gasteiger partial charge in [-0.3, -0.25) is 19.2 Å². The number of benzene rings is 2. The van der Waals surface area contributed by atoms with Gasteiger partial charge in [0.05, 0.1) is 41.9 Å². The van der Waals surface area contributed by atoms with Crippen molar-refractivity contribution in [3.8, 4) is 22.9 Å². The number of fused-ring (bicyclic) bond motifs is 4. The second kappa shape index (κ2) is 16.2. The maximum atomic E-state index is 14.1. The minimum Gasteiger partial charge on any atom is -0.493 e. The Morgan fingerprint density at radius 1 is 1.02 bits per heavy atom. The number of aromatic nitrogens is 2. The first-order valence-electron chi connectivity index (χ1n) is 16.0. The van der Waals surface area contributed by atoms with Gasteiger partial charge in [-0.15, -0.1) is 0 Å². The number of carbonyl (C=O) groups excluding carboxylic acids is 4. The Balaban J connectivity index is 1.38. The second-order valence-corrected chi connectivity index (χ2v) is 12.6. The van der Waals surface area contributed by atoms with Gasteiger partial charge < -0.3 is 34.1 Å². The van der Waals surface area contributed by atoms with Gasteiger partial charge in [0.25, 0.3) is 0 Å². The molecule has 256 valence electrons. The fraction of sp³-hybridized carbons (Fsp3) is 0.441. The molecule has 0 saturated carbocycles. The van der Waals surface area contributed by atoms with Gasteiger partial charge >= 0.3 is 0 Å². The number of methoxy groups -OCH3 is 1. The molecule has 48 heavy (non-hydrogen) atoms. The lowest BCUT2D eigenvalue weighted by atomic mass is 10.1. The Bertz CT molecular complexity index is 1650. The van der Waals surface area contributed by atoms with E-state index in [-0.39, 0.29) is 48.2 Å². The van der Waals surface area contributed by atoms with E-state index < -0.39 is 5.92 Å². The zero-order chi connectivity index (χ0) is 34.2. The SMILES string of the molecule is COc1ccc2cc1OCCCN(C(=O)CNC(C)=O)CCCCN(C(=O)C1CC(=O)N(c3cccc(Cl)c3Cl)C1)CCn1ccnc1-2. The summed E-state index contributed by atoms with van der Waals surface area (Å²) in [5.41, 5.74) is 1.31. The van der Waals surface area contributed by atoms with Crippen LogP contribution >= 0.6 is 23.2 Å². The normalized spacial score (nSPS) is 17.7. The van der Waals surface area contributed by atoms with Crippen molar-refractivity contribution in [1.29, 1.82) is 0 Å². The zero-order valence-corrected chi connectivity index (χ0v) is 28.6. The minimum atomic E-state index is -0.555. The fourth-order valence-corrected chi connectivity index (χ4v) is 6.42. The van der Waals surface area contributed by atoms with Crippen LogP contribution in [0.25, 0.3) is 11.4 Å².